The first-order chi connectivity index (χ1) is 9.54. The Bertz CT molecular complexity index is 743. The highest BCUT2D eigenvalue weighted by Gasteiger charge is 2.26. The van der Waals surface area contributed by atoms with Crippen LogP contribution in [0.25, 0.3) is 0 Å². The van der Waals surface area contributed by atoms with Gasteiger partial charge in [0.2, 0.25) is 0 Å². The van der Waals surface area contributed by atoms with Crippen LogP contribution in [0.1, 0.15) is 20.7 Å². The van der Waals surface area contributed by atoms with Crippen molar-refractivity contribution in [2.75, 3.05) is 11.1 Å². The molecule has 100 valence electrons. The summed E-state index contributed by atoms with van der Waals surface area (Å²) >= 11 is 2.18. The Morgan fingerprint density at radius 2 is 1.75 bits per heavy atom. The molecule has 5 nitrogen and oxygen atoms in total. The molecule has 0 unspecified atom stereocenters. The van der Waals surface area contributed by atoms with E-state index in [1.807, 2.05) is 18.2 Å². The predicted octanol–water partition coefficient (Wildman–Crippen LogP) is 2.50. The SMILES string of the molecule is Nc1cc(I)ccc1Nc1ccc2c(c1)C(=O)NC2=O. The number of fused-ring (bicyclic) bond motifs is 1. The normalized spacial score (nSPS) is 13.1. The second kappa shape index (κ2) is 4.78. The Balaban J connectivity index is 1.95. The predicted molar refractivity (Wildman–Crippen MR) is 85.1 cm³/mol. The molecule has 0 aromatic heterocycles. The zero-order valence-corrected chi connectivity index (χ0v) is 12.4. The molecule has 2 aromatic rings. The Morgan fingerprint density at radius 3 is 2.50 bits per heavy atom. The first kappa shape index (κ1) is 12.9. The fourth-order valence-electron chi connectivity index (χ4n) is 2.05. The van der Waals surface area contributed by atoms with E-state index in [1.165, 1.54) is 0 Å². The Hall–Kier alpha value is -2.09. The average Bonchev–Trinajstić information content (AvgIpc) is 2.68. The summed E-state index contributed by atoms with van der Waals surface area (Å²) in [6.45, 7) is 0. The van der Waals surface area contributed by atoms with Gasteiger partial charge in [-0.25, -0.2) is 0 Å². The topological polar surface area (TPSA) is 84.2 Å². The van der Waals surface area contributed by atoms with E-state index >= 15 is 0 Å². The maximum atomic E-state index is 11.6. The molecule has 0 radical (unpaired) electrons. The molecule has 0 saturated carbocycles. The highest BCUT2D eigenvalue weighted by Crippen LogP contribution is 2.27. The van der Waals surface area contributed by atoms with Crippen LogP contribution in [0.3, 0.4) is 0 Å². The van der Waals surface area contributed by atoms with Gasteiger partial charge in [-0.2, -0.15) is 0 Å². The van der Waals surface area contributed by atoms with E-state index in [1.54, 1.807) is 18.2 Å². The van der Waals surface area contributed by atoms with Crippen LogP contribution in [0, 0.1) is 3.57 Å². The van der Waals surface area contributed by atoms with Gasteiger partial charge >= 0.3 is 0 Å². The summed E-state index contributed by atoms with van der Waals surface area (Å²) < 4.78 is 1.05. The van der Waals surface area contributed by atoms with Crippen molar-refractivity contribution < 1.29 is 9.59 Å². The Morgan fingerprint density at radius 1 is 1.00 bits per heavy atom. The van der Waals surface area contributed by atoms with Gasteiger partial charge in [0.1, 0.15) is 0 Å². The lowest BCUT2D eigenvalue weighted by molar-refractivity contribution is 0.0879. The smallest absolute Gasteiger partial charge is 0.259 e. The number of rotatable bonds is 2. The minimum atomic E-state index is -0.371. The van der Waals surface area contributed by atoms with Crippen LogP contribution >= 0.6 is 22.6 Å². The van der Waals surface area contributed by atoms with E-state index in [4.69, 9.17) is 5.73 Å². The van der Waals surface area contributed by atoms with Gasteiger partial charge in [-0.3, -0.25) is 14.9 Å². The van der Waals surface area contributed by atoms with Gasteiger partial charge < -0.3 is 11.1 Å². The highest BCUT2D eigenvalue weighted by atomic mass is 127. The van der Waals surface area contributed by atoms with Crippen molar-refractivity contribution in [2.45, 2.75) is 0 Å². The lowest BCUT2D eigenvalue weighted by Gasteiger charge is -2.10. The van der Waals surface area contributed by atoms with Crippen LogP contribution in [0.15, 0.2) is 36.4 Å². The van der Waals surface area contributed by atoms with Crippen molar-refractivity contribution in [3.63, 3.8) is 0 Å². The van der Waals surface area contributed by atoms with Crippen molar-refractivity contribution in [1.82, 2.24) is 5.32 Å². The van der Waals surface area contributed by atoms with Crippen molar-refractivity contribution in [3.05, 3.63) is 51.1 Å². The van der Waals surface area contributed by atoms with Crippen molar-refractivity contribution >= 4 is 51.5 Å². The number of imide groups is 1. The lowest BCUT2D eigenvalue weighted by atomic mass is 10.1. The van der Waals surface area contributed by atoms with Crippen LogP contribution in [0.2, 0.25) is 0 Å². The molecule has 1 heterocycles. The number of nitrogens with one attached hydrogen (secondary N) is 2. The zero-order chi connectivity index (χ0) is 14.3. The molecule has 0 aliphatic carbocycles. The monoisotopic (exact) mass is 379 g/mol. The number of benzene rings is 2. The number of halogens is 1. The number of carbonyl (C=O) groups is 2. The third kappa shape index (κ3) is 2.22. The van der Waals surface area contributed by atoms with E-state index in [2.05, 4.69) is 33.2 Å². The molecule has 3 rings (SSSR count). The van der Waals surface area contributed by atoms with Crippen LogP contribution < -0.4 is 16.4 Å². The van der Waals surface area contributed by atoms with Crippen molar-refractivity contribution in [3.8, 4) is 0 Å². The summed E-state index contributed by atoms with van der Waals surface area (Å²) in [4.78, 5) is 23.1. The second-order valence-electron chi connectivity index (χ2n) is 4.40. The molecule has 20 heavy (non-hydrogen) atoms. The van der Waals surface area contributed by atoms with E-state index in [0.29, 0.717) is 22.5 Å². The number of nitrogens with two attached hydrogens (primary N) is 1. The number of carbonyl (C=O) groups excluding carboxylic acids is 2. The van der Waals surface area contributed by atoms with Gasteiger partial charge in [0.05, 0.1) is 22.5 Å². The fraction of sp³-hybridized carbons (Fsp3) is 0. The van der Waals surface area contributed by atoms with E-state index in [0.717, 1.165) is 9.26 Å². The van der Waals surface area contributed by atoms with Crippen molar-refractivity contribution in [2.24, 2.45) is 0 Å². The molecule has 6 heteroatoms. The molecule has 2 aromatic carbocycles. The maximum Gasteiger partial charge on any atom is 0.259 e. The molecule has 1 aliphatic rings. The fourth-order valence-corrected chi connectivity index (χ4v) is 2.56. The van der Waals surface area contributed by atoms with Crippen LogP contribution in [0.4, 0.5) is 17.1 Å². The number of anilines is 3. The molecule has 0 bridgehead atoms. The Kier molecular flexibility index (Phi) is 3.09. The zero-order valence-electron chi connectivity index (χ0n) is 10.2. The van der Waals surface area contributed by atoms with Gasteiger partial charge in [-0.15, -0.1) is 0 Å². The number of hydrogen-bond donors (Lipinski definition) is 3. The van der Waals surface area contributed by atoms with Gasteiger partial charge in [-0.1, -0.05) is 0 Å². The van der Waals surface area contributed by atoms with Crippen molar-refractivity contribution in [1.29, 1.82) is 0 Å². The van der Waals surface area contributed by atoms with E-state index in [-0.39, 0.29) is 11.8 Å². The first-order valence-corrected chi connectivity index (χ1v) is 6.94. The second-order valence-corrected chi connectivity index (χ2v) is 5.65. The largest absolute Gasteiger partial charge is 0.397 e. The molecule has 0 saturated heterocycles. The highest BCUT2D eigenvalue weighted by molar-refractivity contribution is 14.1. The molecule has 4 N–H and O–H groups in total. The van der Waals surface area contributed by atoms with Crippen LogP contribution in [0.5, 0.6) is 0 Å². The lowest BCUT2D eigenvalue weighted by Crippen LogP contribution is -2.19. The number of nitrogen functional groups attached to an aromatic ring is 1. The summed E-state index contributed by atoms with van der Waals surface area (Å²) in [7, 11) is 0. The molecular formula is C14H10IN3O2. The Labute approximate surface area is 128 Å². The van der Waals surface area contributed by atoms with Gasteiger partial charge in [0, 0.05) is 9.26 Å². The van der Waals surface area contributed by atoms with Gasteiger partial charge in [0.25, 0.3) is 11.8 Å². The third-order valence-electron chi connectivity index (χ3n) is 3.03. The summed E-state index contributed by atoms with van der Waals surface area (Å²) in [5.74, 6) is -0.727. The molecule has 0 atom stereocenters. The van der Waals surface area contributed by atoms with E-state index < -0.39 is 0 Å². The summed E-state index contributed by atoms with van der Waals surface area (Å²) in [5.41, 5.74) is 8.80. The minimum Gasteiger partial charge on any atom is -0.397 e. The van der Waals surface area contributed by atoms with Gasteiger partial charge in [0.15, 0.2) is 0 Å². The minimum absolute atomic E-state index is 0.356. The third-order valence-corrected chi connectivity index (χ3v) is 3.70. The average molecular weight is 379 g/mol. The summed E-state index contributed by atoms with van der Waals surface area (Å²) in [6, 6.07) is 10.7. The van der Waals surface area contributed by atoms with Crippen LogP contribution in [-0.2, 0) is 0 Å². The number of amides is 2. The molecular weight excluding hydrogens is 369 g/mol. The quantitative estimate of drug-likeness (QED) is 0.425. The van der Waals surface area contributed by atoms with E-state index in [9.17, 15) is 9.59 Å². The standard InChI is InChI=1S/C14H10IN3O2/c15-7-1-4-12(11(16)5-7)17-8-2-3-9-10(6-8)14(20)18-13(9)19/h1-6,17H,16H2,(H,18,19,20). The molecule has 0 fully saturated rings. The molecule has 0 spiro atoms. The van der Waals surface area contributed by atoms with Gasteiger partial charge in [-0.05, 0) is 59.0 Å². The summed E-state index contributed by atoms with van der Waals surface area (Å²) in [5, 5.41) is 5.41. The summed E-state index contributed by atoms with van der Waals surface area (Å²) in [6.07, 6.45) is 0. The first-order valence-electron chi connectivity index (χ1n) is 5.86. The molecule has 1 aliphatic heterocycles. The maximum absolute atomic E-state index is 11.6. The molecule has 2 amide bonds. The van der Waals surface area contributed by atoms with Crippen LogP contribution in [-0.4, -0.2) is 11.8 Å². The number of hydrogen-bond acceptors (Lipinski definition) is 4.